The highest BCUT2D eigenvalue weighted by Gasteiger charge is 2.20. The highest BCUT2D eigenvalue weighted by Crippen LogP contribution is 2.16. The normalized spacial score (nSPS) is 15.9. The molecule has 1 fully saturated rings. The van der Waals surface area contributed by atoms with E-state index in [2.05, 4.69) is 46.7 Å². The lowest BCUT2D eigenvalue weighted by Crippen LogP contribution is -2.48. The standard InChI is InChI=1S/C24H31N3O2S/c1-3-18(2)29-22-11-7-10-20(16-22)23(28)26-24(30)25-21-12-14-27(15-13-21)17-19-8-5-4-6-9-19/h4-11,16,18,21H,3,12-15,17H2,1-2H3,(H2,25,26,28,30). The van der Waals surface area contributed by atoms with Gasteiger partial charge in [-0.1, -0.05) is 43.3 Å². The van der Waals surface area contributed by atoms with E-state index < -0.39 is 0 Å². The molecule has 1 amide bonds. The van der Waals surface area contributed by atoms with Gasteiger partial charge in [0.05, 0.1) is 6.10 Å². The van der Waals surface area contributed by atoms with Crippen LogP contribution in [0.4, 0.5) is 0 Å². The van der Waals surface area contributed by atoms with Gasteiger partial charge in [0.15, 0.2) is 5.11 Å². The fraction of sp³-hybridized carbons (Fsp3) is 0.417. The number of benzene rings is 2. The van der Waals surface area contributed by atoms with Gasteiger partial charge in [-0.15, -0.1) is 0 Å². The molecule has 2 N–H and O–H groups in total. The smallest absolute Gasteiger partial charge is 0.257 e. The van der Waals surface area contributed by atoms with Gasteiger partial charge < -0.3 is 10.1 Å². The summed E-state index contributed by atoms with van der Waals surface area (Å²) in [6.45, 7) is 7.08. The Kier molecular flexibility index (Phi) is 8.22. The summed E-state index contributed by atoms with van der Waals surface area (Å²) in [4.78, 5) is 15.0. The van der Waals surface area contributed by atoms with Crippen LogP contribution in [0.1, 0.15) is 49.0 Å². The van der Waals surface area contributed by atoms with E-state index in [1.54, 1.807) is 12.1 Å². The number of likely N-dealkylation sites (tertiary alicyclic amines) is 1. The SMILES string of the molecule is CCC(C)Oc1cccc(C(=O)NC(=S)NC2CCN(Cc3ccccc3)CC2)c1. The molecule has 1 saturated heterocycles. The number of carbonyl (C=O) groups excluding carboxylic acids is 1. The summed E-state index contributed by atoms with van der Waals surface area (Å²) in [5.41, 5.74) is 1.88. The van der Waals surface area contributed by atoms with Crippen molar-refractivity contribution in [1.29, 1.82) is 0 Å². The molecule has 6 heteroatoms. The topological polar surface area (TPSA) is 53.6 Å². The van der Waals surface area contributed by atoms with Gasteiger partial charge >= 0.3 is 0 Å². The quantitative estimate of drug-likeness (QED) is 0.653. The Morgan fingerprint density at radius 1 is 1.17 bits per heavy atom. The largest absolute Gasteiger partial charge is 0.491 e. The Balaban J connectivity index is 1.43. The number of nitrogens with zero attached hydrogens (tertiary/aromatic N) is 1. The van der Waals surface area contributed by atoms with Crippen molar-refractivity contribution >= 4 is 23.2 Å². The van der Waals surface area contributed by atoms with Crippen LogP contribution < -0.4 is 15.4 Å². The molecule has 0 saturated carbocycles. The van der Waals surface area contributed by atoms with Crippen molar-refractivity contribution in [3.63, 3.8) is 0 Å². The van der Waals surface area contributed by atoms with Gasteiger partial charge in [-0.3, -0.25) is 15.0 Å². The van der Waals surface area contributed by atoms with Crippen LogP contribution in [0.15, 0.2) is 54.6 Å². The lowest BCUT2D eigenvalue weighted by Gasteiger charge is -2.32. The highest BCUT2D eigenvalue weighted by atomic mass is 32.1. The molecule has 5 nitrogen and oxygen atoms in total. The lowest BCUT2D eigenvalue weighted by molar-refractivity contribution is 0.0975. The van der Waals surface area contributed by atoms with E-state index in [-0.39, 0.29) is 18.1 Å². The van der Waals surface area contributed by atoms with E-state index in [1.807, 2.05) is 25.1 Å². The minimum Gasteiger partial charge on any atom is -0.491 e. The average molecular weight is 426 g/mol. The Bertz CT molecular complexity index is 835. The van der Waals surface area contributed by atoms with E-state index in [0.29, 0.717) is 16.4 Å². The van der Waals surface area contributed by atoms with Crippen molar-refractivity contribution in [3.05, 3.63) is 65.7 Å². The van der Waals surface area contributed by atoms with Crippen molar-refractivity contribution in [3.8, 4) is 5.75 Å². The Hall–Kier alpha value is -2.44. The number of ether oxygens (including phenoxy) is 1. The molecular formula is C24H31N3O2S. The Morgan fingerprint density at radius 2 is 1.90 bits per heavy atom. The van der Waals surface area contributed by atoms with Crippen LogP contribution in [0.3, 0.4) is 0 Å². The molecule has 0 aliphatic carbocycles. The number of piperidine rings is 1. The van der Waals surface area contributed by atoms with E-state index in [1.165, 1.54) is 5.56 Å². The number of hydrogen-bond donors (Lipinski definition) is 2. The summed E-state index contributed by atoms with van der Waals surface area (Å²) < 4.78 is 5.80. The minimum atomic E-state index is -0.219. The van der Waals surface area contributed by atoms with Crippen molar-refractivity contribution in [1.82, 2.24) is 15.5 Å². The van der Waals surface area contributed by atoms with Crippen LogP contribution in [0.2, 0.25) is 0 Å². The van der Waals surface area contributed by atoms with Gasteiger partial charge in [0.25, 0.3) is 5.91 Å². The molecule has 30 heavy (non-hydrogen) atoms. The van der Waals surface area contributed by atoms with Gasteiger partial charge in [-0.05, 0) is 62.2 Å². The molecule has 2 aromatic rings. The molecular weight excluding hydrogens is 394 g/mol. The molecule has 3 rings (SSSR count). The van der Waals surface area contributed by atoms with Crippen molar-refractivity contribution in [2.75, 3.05) is 13.1 Å². The zero-order valence-electron chi connectivity index (χ0n) is 17.8. The number of thiocarbonyl (C=S) groups is 1. The molecule has 1 unspecified atom stereocenters. The van der Waals surface area contributed by atoms with Crippen LogP contribution in [-0.2, 0) is 6.54 Å². The molecule has 1 heterocycles. The minimum absolute atomic E-state index is 0.110. The van der Waals surface area contributed by atoms with E-state index in [4.69, 9.17) is 17.0 Å². The molecule has 1 atom stereocenters. The fourth-order valence-corrected chi connectivity index (χ4v) is 3.76. The summed E-state index contributed by atoms with van der Waals surface area (Å²) in [7, 11) is 0. The molecule has 0 bridgehead atoms. The zero-order chi connectivity index (χ0) is 21.3. The molecule has 1 aliphatic rings. The predicted molar refractivity (Wildman–Crippen MR) is 125 cm³/mol. The molecule has 0 spiro atoms. The first-order valence-electron chi connectivity index (χ1n) is 10.7. The Morgan fingerprint density at radius 3 is 2.60 bits per heavy atom. The van der Waals surface area contributed by atoms with E-state index in [0.717, 1.165) is 38.9 Å². The summed E-state index contributed by atoms with van der Waals surface area (Å²) in [5, 5.41) is 6.49. The van der Waals surface area contributed by atoms with E-state index >= 15 is 0 Å². The maximum Gasteiger partial charge on any atom is 0.257 e. The highest BCUT2D eigenvalue weighted by molar-refractivity contribution is 7.80. The van der Waals surface area contributed by atoms with Gasteiger partial charge in [-0.25, -0.2) is 0 Å². The molecule has 160 valence electrons. The number of hydrogen-bond acceptors (Lipinski definition) is 4. The maximum absolute atomic E-state index is 12.6. The first-order valence-corrected chi connectivity index (χ1v) is 11.1. The Labute approximate surface area is 184 Å². The summed E-state index contributed by atoms with van der Waals surface area (Å²) in [5.74, 6) is 0.477. The molecule has 2 aromatic carbocycles. The van der Waals surface area contributed by atoms with Gasteiger partial charge in [0.1, 0.15) is 5.75 Å². The lowest BCUT2D eigenvalue weighted by atomic mass is 10.0. The molecule has 1 aliphatic heterocycles. The third-order valence-corrected chi connectivity index (χ3v) is 5.63. The molecule has 0 aromatic heterocycles. The average Bonchev–Trinajstić information content (AvgIpc) is 2.76. The zero-order valence-corrected chi connectivity index (χ0v) is 18.6. The van der Waals surface area contributed by atoms with Gasteiger partial charge in [-0.2, -0.15) is 0 Å². The van der Waals surface area contributed by atoms with Gasteiger partial charge in [0, 0.05) is 31.2 Å². The summed E-state index contributed by atoms with van der Waals surface area (Å²) >= 11 is 5.38. The first-order chi connectivity index (χ1) is 14.5. The van der Waals surface area contributed by atoms with Crippen LogP contribution in [0.25, 0.3) is 0 Å². The first kappa shape index (κ1) is 22.2. The number of carbonyl (C=O) groups is 1. The third-order valence-electron chi connectivity index (χ3n) is 5.41. The van der Waals surface area contributed by atoms with Crippen LogP contribution >= 0.6 is 12.2 Å². The number of amides is 1. The van der Waals surface area contributed by atoms with Crippen molar-refractivity contribution in [2.24, 2.45) is 0 Å². The monoisotopic (exact) mass is 425 g/mol. The second-order valence-corrected chi connectivity index (χ2v) is 8.24. The van der Waals surface area contributed by atoms with Crippen molar-refractivity contribution in [2.45, 2.75) is 51.8 Å². The number of nitrogens with one attached hydrogen (secondary N) is 2. The summed E-state index contributed by atoms with van der Waals surface area (Å²) in [6, 6.07) is 18.0. The van der Waals surface area contributed by atoms with Crippen LogP contribution in [0.5, 0.6) is 5.75 Å². The van der Waals surface area contributed by atoms with Crippen LogP contribution in [0, 0.1) is 0 Å². The number of rotatable bonds is 7. The fourth-order valence-electron chi connectivity index (χ4n) is 3.50. The van der Waals surface area contributed by atoms with Crippen molar-refractivity contribution < 1.29 is 9.53 Å². The van der Waals surface area contributed by atoms with Gasteiger partial charge in [0.2, 0.25) is 0 Å². The second-order valence-electron chi connectivity index (χ2n) is 7.83. The molecule has 0 radical (unpaired) electrons. The predicted octanol–water partition coefficient (Wildman–Crippen LogP) is 4.13. The summed E-state index contributed by atoms with van der Waals surface area (Å²) in [6.07, 6.45) is 3.02. The second kappa shape index (κ2) is 11.1. The maximum atomic E-state index is 12.6. The third kappa shape index (κ3) is 6.82. The van der Waals surface area contributed by atoms with Crippen LogP contribution in [-0.4, -0.2) is 41.2 Å². The van der Waals surface area contributed by atoms with E-state index in [9.17, 15) is 4.79 Å².